The van der Waals surface area contributed by atoms with Crippen LogP contribution in [0.2, 0.25) is 0 Å². The van der Waals surface area contributed by atoms with E-state index < -0.39 is 11.6 Å². The summed E-state index contributed by atoms with van der Waals surface area (Å²) >= 11 is 2.96. The minimum absolute atomic E-state index is 0.0131. The molecule has 0 atom stereocenters. The third-order valence-corrected chi connectivity index (χ3v) is 1.86. The van der Waals surface area contributed by atoms with Gasteiger partial charge in [0.05, 0.1) is 0 Å². The third kappa shape index (κ3) is 1.80. The Kier molecular flexibility index (Phi) is 2.65. The Morgan fingerprint density at radius 2 is 1.73 bits per heavy atom. The Bertz CT molecular complexity index is 252. The lowest BCUT2D eigenvalue weighted by Gasteiger charge is -2.01. The first-order chi connectivity index (χ1) is 5.15. The average molecular weight is 217 g/mol. The van der Waals surface area contributed by atoms with E-state index in [4.69, 9.17) is 7.85 Å². The van der Waals surface area contributed by atoms with Gasteiger partial charge in [0.15, 0.2) is 0 Å². The predicted molar refractivity (Wildman–Crippen MR) is 44.4 cm³/mol. The van der Waals surface area contributed by atoms with Gasteiger partial charge >= 0.3 is 0 Å². The highest BCUT2D eigenvalue weighted by molar-refractivity contribution is 9.08. The molecule has 0 saturated carbocycles. The minimum atomic E-state index is -0.612. The van der Waals surface area contributed by atoms with Gasteiger partial charge in [0, 0.05) is 10.9 Å². The Morgan fingerprint density at radius 1 is 1.27 bits per heavy atom. The second-order valence-corrected chi connectivity index (χ2v) is 2.66. The van der Waals surface area contributed by atoms with E-state index in [0.29, 0.717) is 0 Å². The largest absolute Gasteiger partial charge is 0.207 e. The number of halogens is 3. The molecule has 0 heterocycles. The van der Waals surface area contributed by atoms with Crippen LogP contribution in [0.25, 0.3) is 0 Å². The smallest absolute Gasteiger partial charge is 0.129 e. The fourth-order valence-corrected chi connectivity index (χ4v) is 1.29. The van der Waals surface area contributed by atoms with Crippen LogP contribution in [0.3, 0.4) is 0 Å². The van der Waals surface area contributed by atoms with Crippen molar-refractivity contribution in [2.45, 2.75) is 5.33 Å². The van der Waals surface area contributed by atoms with Gasteiger partial charge in [-0.05, 0) is 12.1 Å². The molecule has 0 bridgehead atoms. The van der Waals surface area contributed by atoms with E-state index in [9.17, 15) is 8.78 Å². The number of rotatable bonds is 1. The Morgan fingerprint density at radius 3 is 2.09 bits per heavy atom. The van der Waals surface area contributed by atoms with Crippen LogP contribution in [-0.2, 0) is 5.33 Å². The molecule has 0 saturated heterocycles. The van der Waals surface area contributed by atoms with Crippen molar-refractivity contribution in [1.82, 2.24) is 0 Å². The van der Waals surface area contributed by atoms with Crippen molar-refractivity contribution in [3.63, 3.8) is 0 Å². The van der Waals surface area contributed by atoms with Crippen molar-refractivity contribution >= 4 is 29.2 Å². The SMILES string of the molecule is [B]c1cc(F)c(CBr)c(F)c1. The van der Waals surface area contributed by atoms with E-state index in [1.54, 1.807) is 0 Å². The van der Waals surface area contributed by atoms with E-state index in [2.05, 4.69) is 15.9 Å². The molecule has 1 aromatic rings. The van der Waals surface area contributed by atoms with Crippen molar-refractivity contribution in [2.24, 2.45) is 0 Å². The second-order valence-electron chi connectivity index (χ2n) is 2.10. The lowest BCUT2D eigenvalue weighted by atomic mass is 9.95. The quantitative estimate of drug-likeness (QED) is 0.495. The van der Waals surface area contributed by atoms with Crippen LogP contribution < -0.4 is 5.46 Å². The van der Waals surface area contributed by atoms with E-state index in [0.717, 1.165) is 12.1 Å². The van der Waals surface area contributed by atoms with Crippen molar-refractivity contribution in [3.05, 3.63) is 29.3 Å². The van der Waals surface area contributed by atoms with Crippen molar-refractivity contribution in [1.29, 1.82) is 0 Å². The van der Waals surface area contributed by atoms with Crippen LogP contribution in [0.1, 0.15) is 5.56 Å². The Labute approximate surface area is 73.1 Å². The van der Waals surface area contributed by atoms with Crippen molar-refractivity contribution in [2.75, 3.05) is 0 Å². The molecule has 0 unspecified atom stereocenters. The van der Waals surface area contributed by atoms with Crippen LogP contribution in [0, 0.1) is 11.6 Å². The zero-order valence-corrected chi connectivity index (χ0v) is 7.16. The molecule has 0 aliphatic heterocycles. The summed E-state index contributed by atoms with van der Waals surface area (Å²) in [5.74, 6) is -1.22. The molecule has 1 rings (SSSR count). The summed E-state index contributed by atoms with van der Waals surface area (Å²) in [4.78, 5) is 0. The third-order valence-electron chi connectivity index (χ3n) is 1.30. The van der Waals surface area contributed by atoms with E-state index in [1.807, 2.05) is 0 Å². The molecule has 4 heteroatoms. The van der Waals surface area contributed by atoms with Gasteiger partial charge in [-0.25, -0.2) is 8.78 Å². The summed E-state index contributed by atoms with van der Waals surface area (Å²) in [7, 11) is 5.19. The van der Waals surface area contributed by atoms with E-state index in [-0.39, 0.29) is 16.4 Å². The number of hydrogen-bond donors (Lipinski definition) is 0. The lowest BCUT2D eigenvalue weighted by Crippen LogP contribution is -2.07. The Balaban J connectivity index is 3.25. The summed E-state index contributed by atoms with van der Waals surface area (Å²) in [6.07, 6.45) is 0. The van der Waals surface area contributed by atoms with Gasteiger partial charge in [0.25, 0.3) is 0 Å². The van der Waals surface area contributed by atoms with Gasteiger partial charge < -0.3 is 0 Å². The van der Waals surface area contributed by atoms with Crippen LogP contribution >= 0.6 is 15.9 Å². The molecule has 0 aliphatic rings. The fourth-order valence-electron chi connectivity index (χ4n) is 0.750. The van der Waals surface area contributed by atoms with Crippen LogP contribution in [-0.4, -0.2) is 7.85 Å². The molecule has 56 valence electrons. The minimum Gasteiger partial charge on any atom is -0.207 e. The highest BCUT2D eigenvalue weighted by Crippen LogP contribution is 2.13. The normalized spacial score (nSPS) is 10.1. The molecular formula is C7H4BBrF2. The van der Waals surface area contributed by atoms with Gasteiger partial charge in [0.2, 0.25) is 0 Å². The second kappa shape index (κ2) is 3.35. The predicted octanol–water partition coefficient (Wildman–Crippen LogP) is 1.65. The zero-order chi connectivity index (χ0) is 8.43. The maximum atomic E-state index is 12.8. The summed E-state index contributed by atoms with van der Waals surface area (Å²) < 4.78 is 25.5. The van der Waals surface area contributed by atoms with Crippen molar-refractivity contribution < 1.29 is 8.78 Å². The highest BCUT2D eigenvalue weighted by Gasteiger charge is 2.06. The van der Waals surface area contributed by atoms with Crippen LogP contribution in [0.15, 0.2) is 12.1 Å². The van der Waals surface area contributed by atoms with Gasteiger partial charge in [-0.1, -0.05) is 21.4 Å². The fraction of sp³-hybridized carbons (Fsp3) is 0.143. The van der Waals surface area contributed by atoms with Crippen LogP contribution in [0.4, 0.5) is 8.78 Å². The molecule has 11 heavy (non-hydrogen) atoms. The summed E-state index contributed by atoms with van der Waals surface area (Å²) in [6.45, 7) is 0. The molecule has 0 aliphatic carbocycles. The number of benzene rings is 1. The maximum absolute atomic E-state index is 12.8. The standard InChI is InChI=1S/C7H4BBrF2/c8-4-1-6(10)5(3-9)7(11)2-4/h1-2H,3H2. The van der Waals surface area contributed by atoms with Gasteiger partial charge in [-0.2, -0.15) is 0 Å². The first kappa shape index (κ1) is 8.72. The monoisotopic (exact) mass is 216 g/mol. The van der Waals surface area contributed by atoms with Crippen LogP contribution in [0.5, 0.6) is 0 Å². The summed E-state index contributed by atoms with van der Waals surface area (Å²) in [5, 5.41) is 0.158. The summed E-state index contributed by atoms with van der Waals surface area (Å²) in [5.41, 5.74) is 0.115. The molecule has 0 nitrogen and oxygen atoms in total. The highest BCUT2D eigenvalue weighted by atomic mass is 79.9. The van der Waals surface area contributed by atoms with Crippen molar-refractivity contribution in [3.8, 4) is 0 Å². The number of alkyl halides is 1. The molecule has 0 aromatic heterocycles. The topological polar surface area (TPSA) is 0 Å². The van der Waals surface area contributed by atoms with E-state index >= 15 is 0 Å². The Hall–Kier alpha value is -0.375. The first-order valence-corrected chi connectivity index (χ1v) is 4.06. The van der Waals surface area contributed by atoms with Gasteiger partial charge in [-0.3, -0.25) is 0 Å². The average Bonchev–Trinajstić information content (AvgIpc) is 1.85. The van der Waals surface area contributed by atoms with E-state index in [1.165, 1.54) is 0 Å². The summed E-state index contributed by atoms with van der Waals surface area (Å²) in [6, 6.07) is 2.19. The molecule has 0 N–H and O–H groups in total. The molecule has 0 fully saturated rings. The molecule has 2 radical (unpaired) electrons. The zero-order valence-electron chi connectivity index (χ0n) is 5.57. The molecule has 0 amide bonds. The molecule has 0 spiro atoms. The van der Waals surface area contributed by atoms with Gasteiger partial charge in [-0.15, -0.1) is 0 Å². The lowest BCUT2D eigenvalue weighted by molar-refractivity contribution is 0.568. The maximum Gasteiger partial charge on any atom is 0.129 e. The molecule has 1 aromatic carbocycles. The molecular weight excluding hydrogens is 213 g/mol. The first-order valence-electron chi connectivity index (χ1n) is 2.94. The number of hydrogen-bond acceptors (Lipinski definition) is 0. The van der Waals surface area contributed by atoms with Gasteiger partial charge in [0.1, 0.15) is 19.5 Å².